The lowest BCUT2D eigenvalue weighted by Crippen LogP contribution is -2.24. The molecule has 0 saturated heterocycles. The van der Waals surface area contributed by atoms with Gasteiger partial charge in [0.1, 0.15) is 0 Å². The normalized spacial score (nSPS) is 11.2. The van der Waals surface area contributed by atoms with Crippen molar-refractivity contribution in [3.8, 4) is 0 Å². The lowest BCUT2D eigenvalue weighted by molar-refractivity contribution is 0.100. The minimum Gasteiger partial charge on any atom is -0.370 e. The zero-order chi connectivity index (χ0) is 18.8. The maximum atomic E-state index is 12.2. The van der Waals surface area contributed by atoms with Gasteiger partial charge >= 0.3 is 0 Å². The van der Waals surface area contributed by atoms with Gasteiger partial charge in [0.25, 0.3) is 5.91 Å². The summed E-state index contributed by atoms with van der Waals surface area (Å²) in [6.45, 7) is 1.68. The number of aliphatic imine (C=N–C) groups is 1. The molecule has 0 heterocycles. The molecule has 0 bridgehead atoms. The maximum absolute atomic E-state index is 12.2. The number of benzene rings is 2. The molecule has 0 aliphatic carbocycles. The molecule has 0 unspecified atom stereocenters. The van der Waals surface area contributed by atoms with Gasteiger partial charge in [0.2, 0.25) is 0 Å². The summed E-state index contributed by atoms with van der Waals surface area (Å²) in [7, 11) is -3.58. The quantitative estimate of drug-likeness (QED) is 0.605. The van der Waals surface area contributed by atoms with Crippen molar-refractivity contribution in [2.45, 2.75) is 21.6 Å². The standard InChI is InChI=1S/C16H16ClN3O3S2/c1-9-6-13(24-11-5-3-4-10(17)7-11)14(25(2,22)23)8-12(9)15(21)20-16(18)19/h3-8H,1-2H3,(H4,18,19,20,21). The first-order valence-corrected chi connectivity index (χ1v) is 10.1. The fourth-order valence-electron chi connectivity index (χ4n) is 2.10. The van der Waals surface area contributed by atoms with Crippen LogP contribution in [-0.4, -0.2) is 26.5 Å². The van der Waals surface area contributed by atoms with E-state index >= 15 is 0 Å². The summed E-state index contributed by atoms with van der Waals surface area (Å²) in [5, 5.41) is 0.544. The Bertz CT molecular complexity index is 969. The van der Waals surface area contributed by atoms with E-state index in [1.54, 1.807) is 31.2 Å². The molecule has 0 spiro atoms. The Balaban J connectivity index is 2.59. The molecule has 0 aromatic heterocycles. The predicted octanol–water partition coefficient (Wildman–Crippen LogP) is 2.62. The van der Waals surface area contributed by atoms with Gasteiger partial charge in [-0.1, -0.05) is 29.4 Å². The van der Waals surface area contributed by atoms with Crippen LogP contribution in [0.2, 0.25) is 5.02 Å². The molecule has 0 aliphatic heterocycles. The Labute approximate surface area is 155 Å². The molecule has 132 valence electrons. The summed E-state index contributed by atoms with van der Waals surface area (Å²) in [4.78, 5) is 16.9. The van der Waals surface area contributed by atoms with Gasteiger partial charge in [0, 0.05) is 26.6 Å². The fraction of sp³-hybridized carbons (Fsp3) is 0.125. The molecule has 0 radical (unpaired) electrons. The highest BCUT2D eigenvalue weighted by atomic mass is 35.5. The number of halogens is 1. The van der Waals surface area contributed by atoms with Crippen LogP contribution >= 0.6 is 23.4 Å². The summed E-state index contributed by atoms with van der Waals surface area (Å²) in [5.74, 6) is -1.08. The number of hydrogen-bond donors (Lipinski definition) is 2. The summed E-state index contributed by atoms with van der Waals surface area (Å²) in [6.07, 6.45) is 1.08. The second-order valence-corrected chi connectivity index (χ2v) is 8.82. The summed E-state index contributed by atoms with van der Waals surface area (Å²) in [6, 6.07) is 9.96. The number of guanidine groups is 1. The molecule has 9 heteroatoms. The minimum absolute atomic E-state index is 0.0252. The van der Waals surface area contributed by atoms with Gasteiger partial charge in [-0.25, -0.2) is 8.42 Å². The molecular weight excluding hydrogens is 382 g/mol. The lowest BCUT2D eigenvalue weighted by atomic mass is 10.1. The smallest absolute Gasteiger partial charge is 0.280 e. The van der Waals surface area contributed by atoms with E-state index < -0.39 is 15.7 Å². The van der Waals surface area contributed by atoms with Gasteiger partial charge in [-0.2, -0.15) is 4.99 Å². The highest BCUT2D eigenvalue weighted by Crippen LogP contribution is 2.35. The van der Waals surface area contributed by atoms with Crippen molar-refractivity contribution >= 4 is 45.1 Å². The summed E-state index contributed by atoms with van der Waals surface area (Å²) < 4.78 is 24.4. The van der Waals surface area contributed by atoms with Crippen molar-refractivity contribution in [1.82, 2.24) is 0 Å². The van der Waals surface area contributed by atoms with Gasteiger partial charge in [0.15, 0.2) is 15.8 Å². The number of nitrogens with two attached hydrogens (primary N) is 2. The minimum atomic E-state index is -3.58. The molecule has 1 amide bonds. The van der Waals surface area contributed by atoms with E-state index in [0.29, 0.717) is 15.5 Å². The summed E-state index contributed by atoms with van der Waals surface area (Å²) >= 11 is 7.22. The molecular formula is C16H16ClN3O3S2. The Morgan fingerprint density at radius 2 is 1.88 bits per heavy atom. The lowest BCUT2D eigenvalue weighted by Gasteiger charge is -2.12. The number of rotatable bonds is 4. The Morgan fingerprint density at radius 3 is 2.44 bits per heavy atom. The molecule has 2 aromatic carbocycles. The van der Waals surface area contributed by atoms with Crippen LogP contribution in [0.25, 0.3) is 0 Å². The fourth-order valence-corrected chi connectivity index (χ4v) is 4.67. The van der Waals surface area contributed by atoms with Gasteiger partial charge in [-0.05, 0) is 42.8 Å². The third-order valence-corrected chi connectivity index (χ3v) is 5.72. The largest absolute Gasteiger partial charge is 0.370 e. The number of aryl methyl sites for hydroxylation is 1. The number of nitrogens with zero attached hydrogens (tertiary/aromatic N) is 1. The highest BCUT2D eigenvalue weighted by molar-refractivity contribution is 8.00. The van der Waals surface area contributed by atoms with Gasteiger partial charge in [0.05, 0.1) is 4.90 Å². The van der Waals surface area contributed by atoms with E-state index in [-0.39, 0.29) is 16.4 Å². The topological polar surface area (TPSA) is 116 Å². The van der Waals surface area contributed by atoms with Crippen LogP contribution in [0.1, 0.15) is 15.9 Å². The van der Waals surface area contributed by atoms with Crippen molar-refractivity contribution in [2.24, 2.45) is 16.5 Å². The SMILES string of the molecule is Cc1cc(Sc2cccc(Cl)c2)c(S(C)(=O)=O)cc1C(=O)N=C(N)N. The van der Waals surface area contributed by atoms with Crippen molar-refractivity contribution < 1.29 is 13.2 Å². The molecule has 0 aliphatic rings. The molecule has 0 fully saturated rings. The van der Waals surface area contributed by atoms with E-state index in [2.05, 4.69) is 4.99 Å². The molecule has 6 nitrogen and oxygen atoms in total. The van der Waals surface area contributed by atoms with Gasteiger partial charge in [-0.15, -0.1) is 0 Å². The number of carbonyl (C=O) groups is 1. The zero-order valence-electron chi connectivity index (χ0n) is 13.5. The Hall–Kier alpha value is -2.03. The molecule has 4 N–H and O–H groups in total. The molecule has 2 aromatic rings. The Morgan fingerprint density at radius 1 is 1.20 bits per heavy atom. The van der Waals surface area contributed by atoms with Crippen LogP contribution in [-0.2, 0) is 9.84 Å². The molecule has 25 heavy (non-hydrogen) atoms. The average Bonchev–Trinajstić information content (AvgIpc) is 2.45. The van der Waals surface area contributed by atoms with Crippen molar-refractivity contribution in [3.63, 3.8) is 0 Å². The zero-order valence-corrected chi connectivity index (χ0v) is 15.9. The average molecular weight is 398 g/mol. The van der Waals surface area contributed by atoms with E-state index in [0.717, 1.165) is 11.2 Å². The van der Waals surface area contributed by atoms with Crippen molar-refractivity contribution in [2.75, 3.05) is 6.26 Å². The second kappa shape index (κ2) is 7.47. The van der Waals surface area contributed by atoms with Gasteiger partial charge < -0.3 is 11.5 Å². The first-order valence-electron chi connectivity index (χ1n) is 7.00. The van der Waals surface area contributed by atoms with E-state index in [1.165, 1.54) is 17.8 Å². The van der Waals surface area contributed by atoms with Crippen LogP contribution in [0.3, 0.4) is 0 Å². The number of amides is 1. The van der Waals surface area contributed by atoms with Crippen LogP contribution < -0.4 is 11.5 Å². The predicted molar refractivity (Wildman–Crippen MR) is 100 cm³/mol. The molecule has 0 saturated carbocycles. The third kappa shape index (κ3) is 4.97. The second-order valence-electron chi connectivity index (χ2n) is 5.29. The number of sulfone groups is 1. The number of hydrogen-bond acceptors (Lipinski definition) is 4. The first kappa shape index (κ1) is 19.3. The highest BCUT2D eigenvalue weighted by Gasteiger charge is 2.20. The third-order valence-electron chi connectivity index (χ3n) is 3.18. The molecule has 2 rings (SSSR count). The van der Waals surface area contributed by atoms with E-state index in [1.807, 2.05) is 6.07 Å². The number of carbonyl (C=O) groups excluding carboxylic acids is 1. The maximum Gasteiger partial charge on any atom is 0.280 e. The van der Waals surface area contributed by atoms with Crippen LogP contribution in [0.4, 0.5) is 0 Å². The first-order chi connectivity index (χ1) is 11.6. The van der Waals surface area contributed by atoms with E-state index in [9.17, 15) is 13.2 Å². The van der Waals surface area contributed by atoms with E-state index in [4.69, 9.17) is 23.1 Å². The Kier molecular flexibility index (Phi) is 5.76. The monoisotopic (exact) mass is 397 g/mol. The van der Waals surface area contributed by atoms with Gasteiger partial charge in [-0.3, -0.25) is 4.79 Å². The van der Waals surface area contributed by atoms with Crippen molar-refractivity contribution in [3.05, 3.63) is 52.5 Å². The van der Waals surface area contributed by atoms with Crippen LogP contribution in [0.15, 0.2) is 56.1 Å². The van der Waals surface area contributed by atoms with Crippen molar-refractivity contribution in [1.29, 1.82) is 0 Å². The van der Waals surface area contributed by atoms with Crippen LogP contribution in [0.5, 0.6) is 0 Å². The van der Waals surface area contributed by atoms with Crippen LogP contribution in [0, 0.1) is 6.92 Å². The molecule has 0 atom stereocenters. The summed E-state index contributed by atoms with van der Waals surface area (Å²) in [5.41, 5.74) is 11.1.